The van der Waals surface area contributed by atoms with Crippen LogP contribution in [0.1, 0.15) is 90.4 Å². The second kappa shape index (κ2) is 13.9. The number of rotatable bonds is 15. The zero-order chi connectivity index (χ0) is 15.9. The van der Waals surface area contributed by atoms with Gasteiger partial charge in [0.2, 0.25) is 0 Å². The van der Waals surface area contributed by atoms with Gasteiger partial charge in [0.1, 0.15) is 0 Å². The van der Waals surface area contributed by atoms with Crippen LogP contribution in [0.25, 0.3) is 0 Å². The first-order chi connectivity index (χ1) is 10.1. The van der Waals surface area contributed by atoms with Crippen molar-refractivity contribution in [2.45, 2.75) is 90.4 Å². The van der Waals surface area contributed by atoms with Gasteiger partial charge in [0.15, 0.2) is 0 Å². The van der Waals surface area contributed by atoms with Crippen LogP contribution in [0.5, 0.6) is 0 Å². The van der Waals surface area contributed by atoms with Crippen molar-refractivity contribution in [1.29, 1.82) is 0 Å². The lowest BCUT2D eigenvalue weighted by atomic mass is 9.94. The van der Waals surface area contributed by atoms with Crippen LogP contribution in [0.3, 0.4) is 0 Å². The molecule has 0 aromatic carbocycles. The first-order valence-corrected chi connectivity index (χ1v) is 8.52. The van der Waals surface area contributed by atoms with Gasteiger partial charge in [-0.1, -0.05) is 64.7 Å². The molecule has 0 amide bonds. The summed E-state index contributed by atoms with van der Waals surface area (Å²) in [6.07, 6.45) is 12.5. The number of carbonyl (C=O) groups is 2. The van der Waals surface area contributed by atoms with Gasteiger partial charge in [0.25, 0.3) is 0 Å². The molecule has 0 aliphatic rings. The number of unbranched alkanes of at least 4 members (excludes halogenated alkanes) is 8. The summed E-state index contributed by atoms with van der Waals surface area (Å²) in [5.74, 6) is -1.82. The first kappa shape index (κ1) is 19.9. The fraction of sp³-hybridized carbons (Fsp3) is 0.882. The summed E-state index contributed by atoms with van der Waals surface area (Å²) in [6.45, 7) is 2.21. The quantitative estimate of drug-likeness (QED) is 0.423. The molecule has 0 saturated carbocycles. The van der Waals surface area contributed by atoms with Gasteiger partial charge in [0.05, 0.1) is 5.92 Å². The van der Waals surface area contributed by atoms with E-state index in [1.165, 1.54) is 38.5 Å². The van der Waals surface area contributed by atoms with E-state index >= 15 is 0 Å². The summed E-state index contributed by atoms with van der Waals surface area (Å²) in [4.78, 5) is 21.5. The summed E-state index contributed by atoms with van der Waals surface area (Å²) in [7, 11) is 0. The van der Waals surface area contributed by atoms with Gasteiger partial charge >= 0.3 is 11.9 Å². The Balaban J connectivity index is 3.56. The third-order valence-electron chi connectivity index (χ3n) is 3.95. The molecule has 0 aliphatic carbocycles. The molecule has 4 heteroatoms. The molecular formula is C17H32O4. The minimum Gasteiger partial charge on any atom is -0.481 e. The van der Waals surface area contributed by atoms with Gasteiger partial charge in [-0.15, -0.1) is 0 Å². The van der Waals surface area contributed by atoms with Crippen LogP contribution in [-0.4, -0.2) is 22.2 Å². The Labute approximate surface area is 128 Å². The lowest BCUT2D eigenvalue weighted by Gasteiger charge is -2.11. The molecule has 0 radical (unpaired) electrons. The van der Waals surface area contributed by atoms with Crippen LogP contribution in [0.15, 0.2) is 0 Å². The third kappa shape index (κ3) is 13.7. The highest BCUT2D eigenvalue weighted by Crippen LogP contribution is 2.19. The molecule has 21 heavy (non-hydrogen) atoms. The second-order valence-corrected chi connectivity index (χ2v) is 5.94. The van der Waals surface area contributed by atoms with Gasteiger partial charge in [-0.2, -0.15) is 0 Å². The van der Waals surface area contributed by atoms with E-state index in [9.17, 15) is 9.59 Å². The van der Waals surface area contributed by atoms with Crippen molar-refractivity contribution in [2.75, 3.05) is 0 Å². The Morgan fingerprint density at radius 2 is 1.24 bits per heavy atom. The highest BCUT2D eigenvalue weighted by molar-refractivity contribution is 5.69. The van der Waals surface area contributed by atoms with Gasteiger partial charge in [-0.05, 0) is 19.3 Å². The average Bonchev–Trinajstić information content (AvgIpc) is 2.43. The number of carboxylic acid groups (broad SMARTS) is 2. The van der Waals surface area contributed by atoms with Gasteiger partial charge < -0.3 is 10.2 Å². The smallest absolute Gasteiger partial charge is 0.306 e. The molecule has 124 valence electrons. The van der Waals surface area contributed by atoms with E-state index in [1.807, 2.05) is 0 Å². The van der Waals surface area contributed by atoms with Gasteiger partial charge in [0, 0.05) is 6.42 Å². The van der Waals surface area contributed by atoms with Crippen molar-refractivity contribution in [3.05, 3.63) is 0 Å². The summed E-state index contributed by atoms with van der Waals surface area (Å²) in [5, 5.41) is 17.7. The van der Waals surface area contributed by atoms with Gasteiger partial charge in [-0.3, -0.25) is 9.59 Å². The maximum absolute atomic E-state index is 11.1. The normalized spacial score (nSPS) is 12.2. The monoisotopic (exact) mass is 300 g/mol. The highest BCUT2D eigenvalue weighted by atomic mass is 16.4. The van der Waals surface area contributed by atoms with Crippen molar-refractivity contribution in [3.63, 3.8) is 0 Å². The Kier molecular flexibility index (Phi) is 13.2. The topological polar surface area (TPSA) is 74.6 Å². The van der Waals surface area contributed by atoms with Gasteiger partial charge in [-0.25, -0.2) is 0 Å². The van der Waals surface area contributed by atoms with Crippen molar-refractivity contribution >= 4 is 11.9 Å². The molecule has 1 unspecified atom stereocenters. The van der Waals surface area contributed by atoms with E-state index in [0.717, 1.165) is 19.3 Å². The second-order valence-electron chi connectivity index (χ2n) is 5.94. The molecule has 0 heterocycles. The van der Waals surface area contributed by atoms with Crippen LogP contribution in [0.4, 0.5) is 0 Å². The largest absolute Gasteiger partial charge is 0.481 e. The van der Waals surface area contributed by atoms with Crippen LogP contribution in [-0.2, 0) is 9.59 Å². The first-order valence-electron chi connectivity index (χ1n) is 8.52. The Morgan fingerprint density at radius 3 is 1.71 bits per heavy atom. The van der Waals surface area contributed by atoms with Crippen LogP contribution in [0.2, 0.25) is 0 Å². The number of hydrogen-bond donors (Lipinski definition) is 2. The summed E-state index contributed by atoms with van der Waals surface area (Å²) in [5.41, 5.74) is 0. The van der Waals surface area contributed by atoms with Crippen molar-refractivity contribution in [1.82, 2.24) is 0 Å². The molecule has 0 aromatic rings. The lowest BCUT2D eigenvalue weighted by Crippen LogP contribution is -2.13. The zero-order valence-corrected chi connectivity index (χ0v) is 13.5. The average molecular weight is 300 g/mol. The molecule has 0 aromatic heterocycles. The van der Waals surface area contributed by atoms with E-state index in [1.54, 1.807) is 0 Å². The minimum atomic E-state index is -0.801. The standard InChI is InChI=1S/C17H32O4/c1-2-3-4-5-6-7-8-9-12-15(17(20)21)13-10-11-14-16(18)19/h15H,2-14H2,1H3,(H,18,19)(H,20,21). The molecule has 0 fully saturated rings. The van der Waals surface area contributed by atoms with E-state index in [4.69, 9.17) is 10.2 Å². The number of carboxylic acids is 2. The molecule has 0 aliphatic heterocycles. The molecular weight excluding hydrogens is 268 g/mol. The minimum absolute atomic E-state index is 0.143. The predicted octanol–water partition coefficient (Wildman–Crippen LogP) is 4.86. The molecule has 4 nitrogen and oxygen atoms in total. The molecule has 1 atom stereocenters. The SMILES string of the molecule is CCCCCCCCCCC(CCCCC(=O)O)C(=O)O. The zero-order valence-electron chi connectivity index (χ0n) is 13.5. The Morgan fingerprint density at radius 1 is 0.762 bits per heavy atom. The summed E-state index contributed by atoms with van der Waals surface area (Å²) < 4.78 is 0. The van der Waals surface area contributed by atoms with Crippen LogP contribution in [0, 0.1) is 5.92 Å². The van der Waals surface area contributed by atoms with E-state index < -0.39 is 11.9 Å². The van der Waals surface area contributed by atoms with Crippen molar-refractivity contribution in [3.8, 4) is 0 Å². The Hall–Kier alpha value is -1.06. The van der Waals surface area contributed by atoms with Crippen molar-refractivity contribution in [2.24, 2.45) is 5.92 Å². The lowest BCUT2D eigenvalue weighted by molar-refractivity contribution is -0.142. The fourth-order valence-electron chi connectivity index (χ4n) is 2.58. The molecule has 0 saturated heterocycles. The summed E-state index contributed by atoms with van der Waals surface area (Å²) >= 11 is 0. The predicted molar refractivity (Wildman–Crippen MR) is 84.5 cm³/mol. The number of aliphatic carboxylic acids is 2. The molecule has 2 N–H and O–H groups in total. The molecule has 0 rings (SSSR count). The maximum atomic E-state index is 11.1. The molecule has 0 spiro atoms. The van der Waals surface area contributed by atoms with Crippen LogP contribution >= 0.6 is 0 Å². The van der Waals surface area contributed by atoms with Crippen molar-refractivity contribution < 1.29 is 19.8 Å². The Bertz CT molecular complexity index is 276. The number of hydrogen-bond acceptors (Lipinski definition) is 2. The summed E-state index contributed by atoms with van der Waals surface area (Å²) in [6, 6.07) is 0. The highest BCUT2D eigenvalue weighted by Gasteiger charge is 2.16. The van der Waals surface area contributed by atoms with Crippen LogP contribution < -0.4 is 0 Å². The maximum Gasteiger partial charge on any atom is 0.306 e. The van der Waals surface area contributed by atoms with E-state index in [0.29, 0.717) is 19.3 Å². The fourth-order valence-corrected chi connectivity index (χ4v) is 2.58. The third-order valence-corrected chi connectivity index (χ3v) is 3.95. The van der Waals surface area contributed by atoms with E-state index in [-0.39, 0.29) is 12.3 Å². The van der Waals surface area contributed by atoms with E-state index in [2.05, 4.69) is 6.92 Å². The molecule has 0 bridgehead atoms.